The fraction of sp³-hybridized carbons (Fsp3) is 0.368. The molecule has 0 bridgehead atoms. The van der Waals surface area contributed by atoms with Crippen molar-refractivity contribution in [2.75, 3.05) is 6.61 Å². The lowest BCUT2D eigenvalue weighted by atomic mass is 10.1. The molecule has 7 nitrogen and oxygen atoms in total. The Balaban J connectivity index is 1.72. The van der Waals surface area contributed by atoms with Gasteiger partial charge < -0.3 is 19.3 Å². The zero-order valence-electron chi connectivity index (χ0n) is 14.5. The standard InChI is InChI=1S/C19H20FN3O4/c20-16-17(26-12-15-9-5-2-6-10-15)19(22-23-21,27-18(16)24)13-25-11-14-7-3-1-4-8-14/h1-10,16-18,24H,11-13H2/t16-,17+,18-,19-/m1/s1. The average Bonchev–Trinajstić information content (AvgIpc) is 2.92. The molecule has 2 aromatic carbocycles. The fourth-order valence-electron chi connectivity index (χ4n) is 2.91. The van der Waals surface area contributed by atoms with Crippen LogP contribution in [0.2, 0.25) is 0 Å². The molecule has 0 radical (unpaired) electrons. The molecule has 1 heterocycles. The zero-order valence-corrected chi connectivity index (χ0v) is 14.5. The van der Waals surface area contributed by atoms with E-state index >= 15 is 0 Å². The van der Waals surface area contributed by atoms with Crippen LogP contribution in [0, 0.1) is 0 Å². The molecular weight excluding hydrogens is 353 g/mol. The van der Waals surface area contributed by atoms with Gasteiger partial charge in [0.05, 0.1) is 19.8 Å². The Hall–Kier alpha value is -2.48. The third kappa shape index (κ3) is 4.63. The monoisotopic (exact) mass is 373 g/mol. The summed E-state index contributed by atoms with van der Waals surface area (Å²) in [6.07, 6.45) is -4.95. The van der Waals surface area contributed by atoms with Crippen LogP contribution in [-0.2, 0) is 27.4 Å². The predicted molar refractivity (Wildman–Crippen MR) is 95.0 cm³/mol. The summed E-state index contributed by atoms with van der Waals surface area (Å²) in [5, 5.41) is 13.4. The van der Waals surface area contributed by atoms with Gasteiger partial charge in [0.15, 0.2) is 12.5 Å². The van der Waals surface area contributed by atoms with Gasteiger partial charge >= 0.3 is 0 Å². The van der Waals surface area contributed by atoms with E-state index in [1.165, 1.54) is 0 Å². The molecule has 0 amide bonds. The van der Waals surface area contributed by atoms with Crippen LogP contribution >= 0.6 is 0 Å². The number of nitrogens with zero attached hydrogens (tertiary/aromatic N) is 3. The molecule has 142 valence electrons. The second-order valence-corrected chi connectivity index (χ2v) is 6.18. The first-order valence-electron chi connectivity index (χ1n) is 8.48. The SMILES string of the molecule is [N-]=[N+]=N[C@]1(COCc2ccccc2)O[C@@H](O)[C@H](F)[C@@H]1OCc1ccccc1. The van der Waals surface area contributed by atoms with Gasteiger partial charge in [-0.2, -0.15) is 0 Å². The van der Waals surface area contributed by atoms with Gasteiger partial charge in [0.25, 0.3) is 0 Å². The number of alkyl halides is 1. The lowest BCUT2D eigenvalue weighted by Gasteiger charge is -2.29. The van der Waals surface area contributed by atoms with Crippen molar-refractivity contribution in [3.63, 3.8) is 0 Å². The quantitative estimate of drug-likeness (QED) is 0.435. The minimum atomic E-state index is -1.88. The van der Waals surface area contributed by atoms with E-state index in [0.29, 0.717) is 0 Å². The molecule has 4 atom stereocenters. The second kappa shape index (κ2) is 8.94. The zero-order chi connectivity index (χ0) is 19.1. The summed E-state index contributed by atoms with van der Waals surface area (Å²) in [4.78, 5) is 2.75. The predicted octanol–water partition coefficient (Wildman–Crippen LogP) is 3.48. The molecule has 1 aliphatic rings. The fourth-order valence-corrected chi connectivity index (χ4v) is 2.91. The maximum Gasteiger partial charge on any atom is 0.202 e. The van der Waals surface area contributed by atoms with Crippen LogP contribution in [0.5, 0.6) is 0 Å². The third-order valence-electron chi connectivity index (χ3n) is 4.24. The molecule has 1 fully saturated rings. The van der Waals surface area contributed by atoms with Crippen molar-refractivity contribution in [3.8, 4) is 0 Å². The molecule has 0 aliphatic carbocycles. The molecule has 1 aliphatic heterocycles. The summed E-state index contributed by atoms with van der Waals surface area (Å²) in [5.74, 6) is 0. The van der Waals surface area contributed by atoms with Crippen LogP contribution in [0.25, 0.3) is 10.4 Å². The average molecular weight is 373 g/mol. The molecule has 0 unspecified atom stereocenters. The molecule has 1 N–H and O–H groups in total. The first kappa shape index (κ1) is 19.3. The van der Waals surface area contributed by atoms with Crippen LogP contribution in [0.3, 0.4) is 0 Å². The molecule has 27 heavy (non-hydrogen) atoms. The Kier molecular flexibility index (Phi) is 6.39. The summed E-state index contributed by atoms with van der Waals surface area (Å²) < 4.78 is 31.0. The van der Waals surface area contributed by atoms with Gasteiger partial charge in [0.2, 0.25) is 5.72 Å². The van der Waals surface area contributed by atoms with E-state index in [0.717, 1.165) is 11.1 Å². The highest BCUT2D eigenvalue weighted by Gasteiger charge is 2.56. The van der Waals surface area contributed by atoms with Crippen molar-refractivity contribution >= 4 is 0 Å². The number of benzene rings is 2. The Morgan fingerprint density at radius 3 is 2.26 bits per heavy atom. The van der Waals surface area contributed by atoms with Gasteiger partial charge in [-0.3, -0.25) is 0 Å². The number of rotatable bonds is 8. The molecule has 8 heteroatoms. The van der Waals surface area contributed by atoms with Crippen molar-refractivity contribution in [1.82, 2.24) is 0 Å². The Morgan fingerprint density at radius 1 is 1.07 bits per heavy atom. The molecule has 0 saturated carbocycles. The summed E-state index contributed by atoms with van der Waals surface area (Å²) >= 11 is 0. The third-order valence-corrected chi connectivity index (χ3v) is 4.24. The number of ether oxygens (including phenoxy) is 3. The van der Waals surface area contributed by atoms with Crippen LogP contribution in [-0.4, -0.2) is 36.0 Å². The van der Waals surface area contributed by atoms with Crippen molar-refractivity contribution in [2.24, 2.45) is 5.11 Å². The van der Waals surface area contributed by atoms with Gasteiger partial charge in [-0.15, -0.1) is 0 Å². The van der Waals surface area contributed by atoms with E-state index in [9.17, 15) is 9.50 Å². The number of halogens is 1. The van der Waals surface area contributed by atoms with Crippen LogP contribution in [0.1, 0.15) is 11.1 Å². The van der Waals surface area contributed by atoms with Gasteiger partial charge in [0.1, 0.15) is 6.10 Å². The molecular formula is C19H20FN3O4. The van der Waals surface area contributed by atoms with Crippen molar-refractivity contribution in [3.05, 3.63) is 82.2 Å². The van der Waals surface area contributed by atoms with Gasteiger partial charge in [-0.25, -0.2) is 4.39 Å². The summed E-state index contributed by atoms with van der Waals surface area (Å²) in [6.45, 7) is 0.0254. The minimum absolute atomic E-state index is 0.0728. The highest BCUT2D eigenvalue weighted by Crippen LogP contribution is 2.37. The van der Waals surface area contributed by atoms with E-state index < -0.39 is 24.3 Å². The van der Waals surface area contributed by atoms with E-state index in [2.05, 4.69) is 10.0 Å². The normalized spacial score (nSPS) is 27.3. The van der Waals surface area contributed by atoms with Crippen LogP contribution < -0.4 is 0 Å². The van der Waals surface area contributed by atoms with Crippen LogP contribution in [0.4, 0.5) is 4.39 Å². The molecule has 3 rings (SSSR count). The molecule has 2 aromatic rings. The van der Waals surface area contributed by atoms with Crippen molar-refractivity contribution in [2.45, 2.75) is 37.5 Å². The lowest BCUT2D eigenvalue weighted by Crippen LogP contribution is -2.46. The van der Waals surface area contributed by atoms with Gasteiger partial charge in [-0.1, -0.05) is 65.8 Å². The summed E-state index contributed by atoms with van der Waals surface area (Å²) in [7, 11) is 0. The van der Waals surface area contributed by atoms with E-state index in [-0.39, 0.29) is 19.8 Å². The number of aliphatic hydroxyl groups excluding tert-OH is 1. The first-order chi connectivity index (χ1) is 13.1. The lowest BCUT2D eigenvalue weighted by molar-refractivity contribution is -0.182. The summed E-state index contributed by atoms with van der Waals surface area (Å²) in [5.41, 5.74) is 8.86. The maximum atomic E-state index is 14.5. The van der Waals surface area contributed by atoms with Crippen LogP contribution in [0.15, 0.2) is 65.8 Å². The highest BCUT2D eigenvalue weighted by atomic mass is 19.1. The topological polar surface area (TPSA) is 96.7 Å². The van der Waals surface area contributed by atoms with Crippen molar-refractivity contribution in [1.29, 1.82) is 0 Å². The smallest absolute Gasteiger partial charge is 0.202 e. The minimum Gasteiger partial charge on any atom is -0.374 e. The van der Waals surface area contributed by atoms with Gasteiger partial charge in [0, 0.05) is 4.91 Å². The number of aliphatic hydroxyl groups is 1. The largest absolute Gasteiger partial charge is 0.374 e. The first-order valence-corrected chi connectivity index (χ1v) is 8.48. The second-order valence-electron chi connectivity index (χ2n) is 6.18. The van der Waals surface area contributed by atoms with E-state index in [1.807, 2.05) is 60.7 Å². The van der Waals surface area contributed by atoms with E-state index in [4.69, 9.17) is 19.7 Å². The molecule has 1 saturated heterocycles. The summed E-state index contributed by atoms with van der Waals surface area (Å²) in [6, 6.07) is 18.5. The Bertz CT molecular complexity index is 773. The Labute approximate surface area is 155 Å². The Morgan fingerprint density at radius 2 is 1.67 bits per heavy atom. The number of azide groups is 1. The molecule has 0 aromatic heterocycles. The number of hydrogen-bond donors (Lipinski definition) is 1. The number of hydrogen-bond acceptors (Lipinski definition) is 5. The molecule has 0 spiro atoms. The van der Waals surface area contributed by atoms with Crippen molar-refractivity contribution < 1.29 is 23.7 Å². The van der Waals surface area contributed by atoms with E-state index in [1.54, 1.807) is 0 Å². The van der Waals surface area contributed by atoms with Gasteiger partial charge in [-0.05, 0) is 16.7 Å². The maximum absolute atomic E-state index is 14.5. The highest BCUT2D eigenvalue weighted by molar-refractivity contribution is 5.14.